The summed E-state index contributed by atoms with van der Waals surface area (Å²) in [6, 6.07) is 2.49. The number of halogens is 3. The van der Waals surface area contributed by atoms with Gasteiger partial charge in [-0.2, -0.15) is 0 Å². The van der Waals surface area contributed by atoms with Gasteiger partial charge in [-0.3, -0.25) is 0 Å². The van der Waals surface area contributed by atoms with Crippen LogP contribution >= 0.6 is 34.8 Å². The van der Waals surface area contributed by atoms with Crippen molar-refractivity contribution in [2.75, 3.05) is 0 Å². The van der Waals surface area contributed by atoms with E-state index >= 15 is 0 Å². The number of aliphatic hydroxyl groups excluding tert-OH is 1. The van der Waals surface area contributed by atoms with E-state index in [4.69, 9.17) is 40.5 Å². The number of benzene rings is 1. The second-order valence-corrected chi connectivity index (χ2v) is 4.30. The Morgan fingerprint density at radius 1 is 1.21 bits per heavy atom. The monoisotopic (exact) mass is 253 g/mol. The molecular weight excluding hydrogens is 244 g/mol. The lowest BCUT2D eigenvalue weighted by Crippen LogP contribution is -2.23. The van der Waals surface area contributed by atoms with E-state index in [9.17, 15) is 5.11 Å². The van der Waals surface area contributed by atoms with E-state index in [1.807, 2.05) is 0 Å². The molecule has 0 bridgehead atoms. The van der Waals surface area contributed by atoms with E-state index in [-0.39, 0.29) is 0 Å². The minimum Gasteiger partial charge on any atom is -0.391 e. The third kappa shape index (κ3) is 2.53. The highest BCUT2D eigenvalue weighted by atomic mass is 35.5. The Kier molecular flexibility index (Phi) is 4.04. The molecule has 5 heteroatoms. The predicted molar refractivity (Wildman–Crippen MR) is 60.1 cm³/mol. The van der Waals surface area contributed by atoms with Gasteiger partial charge in [0.05, 0.1) is 12.1 Å². The quantitative estimate of drug-likeness (QED) is 0.852. The minimum absolute atomic E-state index is 0.371. The van der Waals surface area contributed by atoms with E-state index in [1.54, 1.807) is 19.1 Å². The molecule has 78 valence electrons. The van der Waals surface area contributed by atoms with Gasteiger partial charge in [-0.25, -0.2) is 0 Å². The summed E-state index contributed by atoms with van der Waals surface area (Å²) in [5, 5.41) is 10.5. The van der Waals surface area contributed by atoms with Crippen LogP contribution in [-0.4, -0.2) is 11.2 Å². The van der Waals surface area contributed by atoms with Gasteiger partial charge in [0.25, 0.3) is 0 Å². The standard InChI is InChI=1S/C9H10Cl3NO/c1-4(14)9(13)8-6(11)2-5(10)3-7(8)12/h2-4,9,14H,13H2,1H3. The highest BCUT2D eigenvalue weighted by Gasteiger charge is 2.19. The second-order valence-electron chi connectivity index (χ2n) is 3.05. The molecule has 0 aliphatic rings. The van der Waals surface area contributed by atoms with Crippen LogP contribution in [0.5, 0.6) is 0 Å². The number of rotatable bonds is 2. The van der Waals surface area contributed by atoms with Crippen LogP contribution in [0.2, 0.25) is 15.1 Å². The molecule has 0 heterocycles. The molecule has 1 aromatic rings. The van der Waals surface area contributed by atoms with Crippen LogP contribution in [0.25, 0.3) is 0 Å². The second kappa shape index (κ2) is 4.69. The fourth-order valence-corrected chi connectivity index (χ4v) is 2.18. The lowest BCUT2D eigenvalue weighted by molar-refractivity contribution is 0.164. The summed E-state index contributed by atoms with van der Waals surface area (Å²) in [6.45, 7) is 1.58. The van der Waals surface area contributed by atoms with E-state index in [2.05, 4.69) is 0 Å². The molecule has 14 heavy (non-hydrogen) atoms. The zero-order chi connectivity index (χ0) is 10.9. The summed E-state index contributed by atoms with van der Waals surface area (Å²) in [5.74, 6) is 0. The molecule has 0 aliphatic heterocycles. The molecule has 0 saturated heterocycles. The SMILES string of the molecule is CC(O)C(N)c1c(Cl)cc(Cl)cc1Cl. The summed E-state index contributed by atoms with van der Waals surface area (Å²) in [4.78, 5) is 0. The van der Waals surface area contributed by atoms with Crippen molar-refractivity contribution in [3.63, 3.8) is 0 Å². The summed E-state index contributed by atoms with van der Waals surface area (Å²) in [5.41, 5.74) is 6.25. The van der Waals surface area contributed by atoms with Crippen LogP contribution in [0.15, 0.2) is 12.1 Å². The first-order chi connectivity index (χ1) is 6.43. The van der Waals surface area contributed by atoms with Gasteiger partial charge in [0, 0.05) is 20.6 Å². The van der Waals surface area contributed by atoms with Gasteiger partial charge >= 0.3 is 0 Å². The van der Waals surface area contributed by atoms with Crippen molar-refractivity contribution >= 4 is 34.8 Å². The minimum atomic E-state index is -0.717. The third-order valence-corrected chi connectivity index (χ3v) is 2.74. The fraction of sp³-hybridized carbons (Fsp3) is 0.333. The molecule has 0 amide bonds. The Balaban J connectivity index is 3.20. The van der Waals surface area contributed by atoms with Crippen molar-refractivity contribution in [2.45, 2.75) is 19.1 Å². The smallest absolute Gasteiger partial charge is 0.0705 e. The van der Waals surface area contributed by atoms with Crippen molar-refractivity contribution < 1.29 is 5.11 Å². The highest BCUT2D eigenvalue weighted by molar-refractivity contribution is 6.39. The average Bonchev–Trinajstić information content (AvgIpc) is 2.01. The maximum absolute atomic E-state index is 9.32. The lowest BCUT2D eigenvalue weighted by Gasteiger charge is -2.18. The number of nitrogens with two attached hydrogens (primary N) is 1. The molecule has 0 radical (unpaired) electrons. The summed E-state index contributed by atoms with van der Waals surface area (Å²) >= 11 is 17.6. The number of hydrogen-bond donors (Lipinski definition) is 2. The van der Waals surface area contributed by atoms with Crippen molar-refractivity contribution in [1.29, 1.82) is 0 Å². The first-order valence-corrected chi connectivity index (χ1v) is 5.15. The zero-order valence-electron chi connectivity index (χ0n) is 7.47. The third-order valence-electron chi connectivity index (χ3n) is 1.90. The van der Waals surface area contributed by atoms with Gasteiger partial charge in [0.15, 0.2) is 0 Å². The topological polar surface area (TPSA) is 46.2 Å². The summed E-state index contributed by atoms with van der Waals surface area (Å²) in [7, 11) is 0. The molecule has 0 saturated carbocycles. The normalized spacial score (nSPS) is 15.3. The van der Waals surface area contributed by atoms with E-state index in [0.717, 1.165) is 0 Å². The Hall–Kier alpha value is 0.01000. The van der Waals surface area contributed by atoms with Crippen molar-refractivity contribution in [3.05, 3.63) is 32.8 Å². The molecule has 0 aromatic heterocycles. The largest absolute Gasteiger partial charge is 0.391 e. The Bertz CT molecular complexity index is 318. The van der Waals surface area contributed by atoms with E-state index < -0.39 is 12.1 Å². The summed E-state index contributed by atoms with van der Waals surface area (Å²) in [6.07, 6.45) is -0.717. The van der Waals surface area contributed by atoms with Gasteiger partial charge in [-0.1, -0.05) is 34.8 Å². The first-order valence-electron chi connectivity index (χ1n) is 4.01. The zero-order valence-corrected chi connectivity index (χ0v) is 9.74. The van der Waals surface area contributed by atoms with Gasteiger partial charge < -0.3 is 10.8 Å². The Labute approximate surface area is 97.6 Å². The Morgan fingerprint density at radius 3 is 2.00 bits per heavy atom. The molecule has 0 fully saturated rings. The van der Waals surface area contributed by atoms with Gasteiger partial charge in [0.2, 0.25) is 0 Å². The first kappa shape index (κ1) is 12.1. The molecule has 1 rings (SSSR count). The number of hydrogen-bond acceptors (Lipinski definition) is 2. The fourth-order valence-electron chi connectivity index (χ4n) is 1.11. The average molecular weight is 255 g/mol. The number of aliphatic hydroxyl groups is 1. The Morgan fingerprint density at radius 2 is 1.64 bits per heavy atom. The molecule has 0 aliphatic carbocycles. The van der Waals surface area contributed by atoms with Crippen LogP contribution < -0.4 is 5.73 Å². The molecular formula is C9H10Cl3NO. The van der Waals surface area contributed by atoms with Gasteiger partial charge in [0.1, 0.15) is 0 Å². The molecule has 1 aromatic carbocycles. The van der Waals surface area contributed by atoms with E-state index in [1.165, 1.54) is 0 Å². The van der Waals surface area contributed by atoms with Crippen molar-refractivity contribution in [3.8, 4) is 0 Å². The lowest BCUT2D eigenvalue weighted by atomic mass is 10.0. The van der Waals surface area contributed by atoms with Crippen LogP contribution in [0.3, 0.4) is 0 Å². The van der Waals surface area contributed by atoms with Crippen LogP contribution in [0.1, 0.15) is 18.5 Å². The summed E-state index contributed by atoms with van der Waals surface area (Å²) < 4.78 is 0. The van der Waals surface area contributed by atoms with Crippen LogP contribution in [-0.2, 0) is 0 Å². The molecule has 2 unspecified atom stereocenters. The predicted octanol–water partition coefficient (Wildman–Crippen LogP) is 3.03. The molecule has 3 N–H and O–H groups in total. The molecule has 0 spiro atoms. The highest BCUT2D eigenvalue weighted by Crippen LogP contribution is 2.33. The molecule has 2 nitrogen and oxygen atoms in total. The van der Waals surface area contributed by atoms with Crippen molar-refractivity contribution in [1.82, 2.24) is 0 Å². The van der Waals surface area contributed by atoms with Crippen LogP contribution in [0.4, 0.5) is 0 Å². The molecule has 2 atom stereocenters. The van der Waals surface area contributed by atoms with Gasteiger partial charge in [-0.05, 0) is 19.1 Å². The van der Waals surface area contributed by atoms with Crippen LogP contribution in [0, 0.1) is 0 Å². The van der Waals surface area contributed by atoms with Crippen molar-refractivity contribution in [2.24, 2.45) is 5.73 Å². The van der Waals surface area contributed by atoms with E-state index in [0.29, 0.717) is 20.6 Å². The maximum Gasteiger partial charge on any atom is 0.0705 e. The van der Waals surface area contributed by atoms with Gasteiger partial charge in [-0.15, -0.1) is 0 Å². The maximum atomic E-state index is 9.32.